The molecule has 0 radical (unpaired) electrons. The van der Waals surface area contributed by atoms with Crippen LogP contribution in [0.4, 0.5) is 0 Å². The Labute approximate surface area is 138 Å². The summed E-state index contributed by atoms with van der Waals surface area (Å²) in [6.45, 7) is 2.17. The monoisotopic (exact) mass is 339 g/mol. The molecule has 1 aliphatic rings. The highest BCUT2D eigenvalue weighted by Gasteiger charge is 2.15. The molecule has 126 valence electrons. The highest BCUT2D eigenvalue weighted by atomic mass is 32.2. The van der Waals surface area contributed by atoms with E-state index in [9.17, 15) is 14.4 Å². The Morgan fingerprint density at radius 3 is 2.87 bits per heavy atom. The molecular formula is C14H21N5O3S. The third-order valence-corrected chi connectivity index (χ3v) is 4.65. The van der Waals surface area contributed by atoms with E-state index in [1.807, 2.05) is 0 Å². The predicted molar refractivity (Wildman–Crippen MR) is 88.7 cm³/mol. The maximum absolute atomic E-state index is 11.9. The number of thioether (sulfide) groups is 1. The number of aryl methyl sites for hydroxylation is 1. The molecule has 1 aliphatic carbocycles. The first-order valence-electron chi connectivity index (χ1n) is 7.50. The number of hydrazone groups is 1. The molecule has 0 bridgehead atoms. The molecule has 0 aromatic carbocycles. The van der Waals surface area contributed by atoms with Crippen molar-refractivity contribution in [3.05, 3.63) is 20.8 Å². The highest BCUT2D eigenvalue weighted by molar-refractivity contribution is 7.99. The minimum absolute atomic E-state index is 0.0206. The molecule has 0 unspecified atom stereocenters. The minimum Gasteiger partial charge on any atom is -0.272 e. The second kappa shape index (κ2) is 7.58. The molecule has 23 heavy (non-hydrogen) atoms. The number of nitrogens with one attached hydrogen (secondary N) is 1. The summed E-state index contributed by atoms with van der Waals surface area (Å²) in [7, 11) is 2.84. The van der Waals surface area contributed by atoms with Crippen LogP contribution in [0, 0.1) is 5.92 Å². The van der Waals surface area contributed by atoms with Crippen molar-refractivity contribution in [1.82, 2.24) is 19.8 Å². The van der Waals surface area contributed by atoms with Gasteiger partial charge < -0.3 is 0 Å². The van der Waals surface area contributed by atoms with Crippen LogP contribution in [0.1, 0.15) is 32.6 Å². The summed E-state index contributed by atoms with van der Waals surface area (Å²) >= 11 is 0.994. The standard InChI is InChI=1S/C14H21N5O3S/c1-9-5-4-6-10(7-9)15-16-11(20)8-23-12-13(21)18(2)14(22)19(3)17-12/h9H,4-8H2,1-3H3,(H,16,20)/b15-10-/t9-/m1/s1. The van der Waals surface area contributed by atoms with Gasteiger partial charge in [-0.3, -0.25) is 14.2 Å². The van der Waals surface area contributed by atoms with Crippen LogP contribution in [-0.4, -0.2) is 31.7 Å². The molecule has 1 fully saturated rings. The Bertz CT molecular complexity index is 737. The Morgan fingerprint density at radius 2 is 2.17 bits per heavy atom. The quantitative estimate of drug-likeness (QED) is 0.626. The molecule has 1 N–H and O–H groups in total. The van der Waals surface area contributed by atoms with Crippen molar-refractivity contribution in [2.75, 3.05) is 5.75 Å². The maximum Gasteiger partial charge on any atom is 0.346 e. The zero-order valence-corrected chi connectivity index (χ0v) is 14.4. The van der Waals surface area contributed by atoms with E-state index in [1.165, 1.54) is 20.5 Å². The molecule has 9 heteroatoms. The summed E-state index contributed by atoms with van der Waals surface area (Å²) in [6.07, 6.45) is 4.13. The lowest BCUT2D eigenvalue weighted by Crippen LogP contribution is -2.39. The van der Waals surface area contributed by atoms with Gasteiger partial charge in [0.2, 0.25) is 5.91 Å². The van der Waals surface area contributed by atoms with Gasteiger partial charge in [0.1, 0.15) is 0 Å². The first-order valence-corrected chi connectivity index (χ1v) is 8.48. The van der Waals surface area contributed by atoms with E-state index in [2.05, 4.69) is 22.5 Å². The van der Waals surface area contributed by atoms with E-state index in [-0.39, 0.29) is 16.7 Å². The fraction of sp³-hybridized carbons (Fsp3) is 0.643. The van der Waals surface area contributed by atoms with Crippen LogP contribution >= 0.6 is 11.8 Å². The van der Waals surface area contributed by atoms with Gasteiger partial charge in [0.15, 0.2) is 5.03 Å². The van der Waals surface area contributed by atoms with Crippen molar-refractivity contribution in [2.24, 2.45) is 25.1 Å². The number of nitrogens with zero attached hydrogens (tertiary/aromatic N) is 4. The lowest BCUT2D eigenvalue weighted by Gasteiger charge is -2.18. The molecule has 1 aromatic rings. The average Bonchev–Trinajstić information content (AvgIpc) is 2.53. The van der Waals surface area contributed by atoms with E-state index in [0.29, 0.717) is 5.92 Å². The van der Waals surface area contributed by atoms with Crippen molar-refractivity contribution < 1.29 is 4.79 Å². The normalized spacial score (nSPS) is 19.8. The molecule has 8 nitrogen and oxygen atoms in total. The van der Waals surface area contributed by atoms with Gasteiger partial charge >= 0.3 is 5.69 Å². The maximum atomic E-state index is 11.9. The third-order valence-electron chi connectivity index (χ3n) is 3.72. The van der Waals surface area contributed by atoms with Gasteiger partial charge in [-0.1, -0.05) is 18.7 Å². The number of hydrogen-bond acceptors (Lipinski definition) is 6. The number of amides is 1. The topological polar surface area (TPSA) is 98.3 Å². The summed E-state index contributed by atoms with van der Waals surface area (Å²) < 4.78 is 2.04. The zero-order valence-electron chi connectivity index (χ0n) is 13.5. The van der Waals surface area contributed by atoms with Crippen LogP contribution in [0.3, 0.4) is 0 Å². The summed E-state index contributed by atoms with van der Waals surface area (Å²) in [5.74, 6) is 0.331. The molecule has 1 aromatic heterocycles. The average molecular weight is 339 g/mol. The molecule has 1 saturated carbocycles. The summed E-state index contributed by atoms with van der Waals surface area (Å²) in [6, 6.07) is 0. The first-order chi connectivity index (χ1) is 10.9. The fourth-order valence-electron chi connectivity index (χ4n) is 2.43. The molecule has 2 rings (SSSR count). The molecular weight excluding hydrogens is 318 g/mol. The third kappa shape index (κ3) is 4.54. The Hall–Kier alpha value is -1.90. The smallest absolute Gasteiger partial charge is 0.272 e. The molecule has 1 atom stereocenters. The van der Waals surface area contributed by atoms with Crippen molar-refractivity contribution in [3.63, 3.8) is 0 Å². The Morgan fingerprint density at radius 1 is 1.43 bits per heavy atom. The summed E-state index contributed by atoms with van der Waals surface area (Å²) in [5.41, 5.74) is 2.54. The van der Waals surface area contributed by atoms with Gasteiger partial charge in [0.05, 0.1) is 5.75 Å². The minimum atomic E-state index is -0.502. The van der Waals surface area contributed by atoms with E-state index in [4.69, 9.17) is 0 Å². The number of hydrogen-bond donors (Lipinski definition) is 1. The molecule has 0 spiro atoms. The van der Waals surface area contributed by atoms with Crippen LogP contribution in [0.25, 0.3) is 0 Å². The van der Waals surface area contributed by atoms with Crippen molar-refractivity contribution in [1.29, 1.82) is 0 Å². The summed E-state index contributed by atoms with van der Waals surface area (Å²) in [4.78, 5) is 35.3. The predicted octanol–water partition coefficient (Wildman–Crippen LogP) is 0.253. The molecule has 1 amide bonds. The highest BCUT2D eigenvalue weighted by Crippen LogP contribution is 2.20. The van der Waals surface area contributed by atoms with E-state index >= 15 is 0 Å². The van der Waals surface area contributed by atoms with Crippen LogP contribution in [0.5, 0.6) is 0 Å². The largest absolute Gasteiger partial charge is 0.346 e. The lowest BCUT2D eigenvalue weighted by molar-refractivity contribution is -0.118. The molecule has 0 aliphatic heterocycles. The summed E-state index contributed by atoms with van der Waals surface area (Å²) in [5, 5.41) is 8.16. The van der Waals surface area contributed by atoms with E-state index in [1.54, 1.807) is 0 Å². The Balaban J connectivity index is 1.94. The van der Waals surface area contributed by atoms with Gasteiger partial charge in [-0.15, -0.1) is 0 Å². The van der Waals surface area contributed by atoms with Crippen LogP contribution in [-0.2, 0) is 18.9 Å². The van der Waals surface area contributed by atoms with E-state index < -0.39 is 11.2 Å². The lowest BCUT2D eigenvalue weighted by atomic mass is 9.89. The number of carbonyl (C=O) groups is 1. The second-order valence-corrected chi connectivity index (χ2v) is 6.74. The zero-order chi connectivity index (χ0) is 17.0. The van der Waals surface area contributed by atoms with Crippen molar-refractivity contribution in [2.45, 2.75) is 37.6 Å². The van der Waals surface area contributed by atoms with Crippen molar-refractivity contribution >= 4 is 23.4 Å². The van der Waals surface area contributed by atoms with Crippen LogP contribution in [0.15, 0.2) is 19.7 Å². The SMILES string of the molecule is C[C@@H]1CCC/C(=N/NC(=O)CSc2nn(C)c(=O)n(C)c2=O)C1. The molecule has 1 heterocycles. The number of carbonyl (C=O) groups excluding carboxylic acids is 1. The first kappa shape index (κ1) is 17.5. The van der Waals surface area contributed by atoms with Gasteiger partial charge in [0.25, 0.3) is 5.56 Å². The van der Waals surface area contributed by atoms with Gasteiger partial charge in [-0.2, -0.15) is 10.2 Å². The van der Waals surface area contributed by atoms with Gasteiger partial charge in [-0.05, 0) is 31.6 Å². The number of aromatic nitrogens is 3. The van der Waals surface area contributed by atoms with Gasteiger partial charge in [0, 0.05) is 19.8 Å². The van der Waals surface area contributed by atoms with Crippen LogP contribution in [0.2, 0.25) is 0 Å². The second-order valence-electron chi connectivity index (χ2n) is 5.78. The molecule has 0 saturated heterocycles. The van der Waals surface area contributed by atoms with Crippen LogP contribution < -0.4 is 16.7 Å². The van der Waals surface area contributed by atoms with Gasteiger partial charge in [-0.25, -0.2) is 14.9 Å². The van der Waals surface area contributed by atoms with Crippen molar-refractivity contribution in [3.8, 4) is 0 Å². The van der Waals surface area contributed by atoms with E-state index in [0.717, 1.165) is 46.0 Å². The number of rotatable bonds is 4. The Kier molecular flexibility index (Phi) is 5.75. The fourth-order valence-corrected chi connectivity index (χ4v) is 3.20.